The molecule has 0 fully saturated rings. The van der Waals surface area contributed by atoms with Crippen molar-refractivity contribution in [2.24, 2.45) is 0 Å². The SMILES string of the molecule is CCCN1C(=O)c2[nH]nc(-c3ccccc3)c2[C@@H]1c1cccs1. The first-order valence-corrected chi connectivity index (χ1v) is 8.67. The lowest BCUT2D eigenvalue weighted by molar-refractivity contribution is 0.0746. The fraction of sp³-hybridized carbons (Fsp3) is 0.222. The topological polar surface area (TPSA) is 49.0 Å². The Hall–Kier alpha value is -2.40. The van der Waals surface area contributed by atoms with Crippen LogP contribution in [0.5, 0.6) is 0 Å². The van der Waals surface area contributed by atoms with E-state index in [4.69, 9.17) is 0 Å². The van der Waals surface area contributed by atoms with E-state index in [9.17, 15) is 4.79 Å². The van der Waals surface area contributed by atoms with Crippen molar-refractivity contribution in [1.82, 2.24) is 15.1 Å². The molecule has 1 aliphatic rings. The molecular weight excluding hydrogens is 306 g/mol. The molecule has 1 N–H and O–H groups in total. The maximum absolute atomic E-state index is 12.8. The van der Waals surface area contributed by atoms with Gasteiger partial charge < -0.3 is 4.90 Å². The molecule has 5 heteroatoms. The standard InChI is InChI=1S/C18H17N3OS/c1-2-10-21-17(13-9-6-11-23-13)14-15(12-7-4-3-5-8-12)19-20-16(14)18(21)22/h3-9,11,17H,2,10H2,1H3,(H,19,20)/t17-/m0/s1. The third-order valence-corrected chi connectivity index (χ3v) is 5.11. The summed E-state index contributed by atoms with van der Waals surface area (Å²) in [5.41, 5.74) is 3.57. The van der Waals surface area contributed by atoms with Crippen LogP contribution in [0.15, 0.2) is 47.8 Å². The molecule has 0 bridgehead atoms. The van der Waals surface area contributed by atoms with Gasteiger partial charge in [0.2, 0.25) is 0 Å². The Morgan fingerprint density at radius 3 is 2.74 bits per heavy atom. The smallest absolute Gasteiger partial charge is 0.273 e. The van der Waals surface area contributed by atoms with E-state index in [0.717, 1.165) is 29.8 Å². The number of thiophene rings is 1. The molecule has 3 heterocycles. The number of fused-ring (bicyclic) bond motifs is 1. The molecule has 4 nitrogen and oxygen atoms in total. The van der Waals surface area contributed by atoms with E-state index in [1.54, 1.807) is 11.3 Å². The maximum Gasteiger partial charge on any atom is 0.273 e. The number of carbonyl (C=O) groups is 1. The highest BCUT2D eigenvalue weighted by atomic mass is 32.1. The van der Waals surface area contributed by atoms with Crippen molar-refractivity contribution in [2.75, 3.05) is 6.54 Å². The van der Waals surface area contributed by atoms with Crippen molar-refractivity contribution in [3.05, 3.63) is 64.0 Å². The number of H-pyrrole nitrogens is 1. The van der Waals surface area contributed by atoms with Crippen LogP contribution in [0.4, 0.5) is 0 Å². The molecule has 116 valence electrons. The van der Waals surface area contributed by atoms with Gasteiger partial charge in [-0.3, -0.25) is 9.89 Å². The minimum Gasteiger partial charge on any atom is -0.325 e. The van der Waals surface area contributed by atoms with Gasteiger partial charge in [-0.25, -0.2) is 0 Å². The van der Waals surface area contributed by atoms with Crippen molar-refractivity contribution in [1.29, 1.82) is 0 Å². The van der Waals surface area contributed by atoms with E-state index in [-0.39, 0.29) is 11.9 Å². The Kier molecular flexibility index (Phi) is 3.50. The van der Waals surface area contributed by atoms with Crippen molar-refractivity contribution < 1.29 is 4.79 Å². The summed E-state index contributed by atoms with van der Waals surface area (Å²) in [6, 6.07) is 14.2. The average molecular weight is 323 g/mol. The number of nitrogens with one attached hydrogen (secondary N) is 1. The number of hydrogen-bond acceptors (Lipinski definition) is 3. The van der Waals surface area contributed by atoms with Crippen LogP contribution in [0.25, 0.3) is 11.3 Å². The number of aromatic nitrogens is 2. The second kappa shape index (κ2) is 5.66. The van der Waals surface area contributed by atoms with Gasteiger partial charge in [0.25, 0.3) is 5.91 Å². The molecule has 1 aliphatic heterocycles. The third kappa shape index (κ3) is 2.19. The summed E-state index contributed by atoms with van der Waals surface area (Å²) in [5, 5.41) is 9.48. The number of nitrogens with zero attached hydrogens (tertiary/aromatic N) is 2. The monoisotopic (exact) mass is 323 g/mol. The van der Waals surface area contributed by atoms with E-state index in [2.05, 4.69) is 28.6 Å². The number of carbonyl (C=O) groups excluding carboxylic acids is 1. The minimum absolute atomic E-state index is 0.0357. The summed E-state index contributed by atoms with van der Waals surface area (Å²) in [6.07, 6.45) is 0.936. The third-order valence-electron chi connectivity index (χ3n) is 4.19. The molecule has 2 aromatic heterocycles. The van der Waals surface area contributed by atoms with Crippen LogP contribution >= 0.6 is 11.3 Å². The number of rotatable bonds is 4. The van der Waals surface area contributed by atoms with Gasteiger partial charge in [-0.05, 0) is 17.9 Å². The molecule has 0 unspecified atom stereocenters. The summed E-state index contributed by atoms with van der Waals surface area (Å²) in [4.78, 5) is 15.9. The van der Waals surface area contributed by atoms with Crippen LogP contribution in [-0.4, -0.2) is 27.5 Å². The quantitative estimate of drug-likeness (QED) is 0.786. The molecule has 1 amide bonds. The zero-order valence-corrected chi connectivity index (χ0v) is 13.6. The molecular formula is C18H17N3OS. The van der Waals surface area contributed by atoms with E-state index < -0.39 is 0 Å². The van der Waals surface area contributed by atoms with Gasteiger partial charge in [0.05, 0.1) is 11.7 Å². The van der Waals surface area contributed by atoms with Gasteiger partial charge in [-0.2, -0.15) is 5.10 Å². The van der Waals surface area contributed by atoms with Gasteiger partial charge in [-0.1, -0.05) is 43.3 Å². The van der Waals surface area contributed by atoms with E-state index in [0.29, 0.717) is 5.69 Å². The first-order chi connectivity index (χ1) is 11.3. The van der Waals surface area contributed by atoms with Gasteiger partial charge >= 0.3 is 0 Å². The molecule has 0 spiro atoms. The first-order valence-electron chi connectivity index (χ1n) is 7.79. The normalized spacial score (nSPS) is 16.8. The Bertz CT molecular complexity index is 823. The van der Waals surface area contributed by atoms with Crippen LogP contribution in [-0.2, 0) is 0 Å². The Balaban J connectivity index is 1.89. The highest BCUT2D eigenvalue weighted by Gasteiger charge is 2.42. The Labute approximate surface area is 138 Å². The first kappa shape index (κ1) is 14.2. The number of amides is 1. The molecule has 0 saturated heterocycles. The van der Waals surface area contributed by atoms with Crippen LogP contribution in [0.2, 0.25) is 0 Å². The van der Waals surface area contributed by atoms with Crippen LogP contribution in [0.1, 0.15) is 40.3 Å². The molecule has 23 heavy (non-hydrogen) atoms. The molecule has 0 aliphatic carbocycles. The average Bonchev–Trinajstić information content (AvgIpc) is 3.28. The lowest BCUT2D eigenvalue weighted by atomic mass is 10.0. The molecule has 0 saturated carbocycles. The Morgan fingerprint density at radius 1 is 1.22 bits per heavy atom. The number of hydrogen-bond donors (Lipinski definition) is 1. The van der Waals surface area contributed by atoms with Crippen LogP contribution in [0, 0.1) is 0 Å². The predicted molar refractivity (Wildman–Crippen MR) is 91.5 cm³/mol. The van der Waals surface area contributed by atoms with Gasteiger partial charge in [0, 0.05) is 22.5 Å². The number of aromatic amines is 1. The summed E-state index contributed by atoms with van der Waals surface area (Å²) in [6.45, 7) is 2.85. The lowest BCUT2D eigenvalue weighted by Crippen LogP contribution is -2.29. The van der Waals surface area contributed by atoms with Crippen LogP contribution in [0.3, 0.4) is 0 Å². The second-order valence-corrected chi connectivity index (χ2v) is 6.62. The van der Waals surface area contributed by atoms with Crippen molar-refractivity contribution in [3.63, 3.8) is 0 Å². The lowest BCUT2D eigenvalue weighted by Gasteiger charge is -2.24. The largest absolute Gasteiger partial charge is 0.325 e. The van der Waals surface area contributed by atoms with Crippen LogP contribution < -0.4 is 0 Å². The highest BCUT2D eigenvalue weighted by molar-refractivity contribution is 7.10. The zero-order chi connectivity index (χ0) is 15.8. The van der Waals surface area contributed by atoms with Gasteiger partial charge in [0.1, 0.15) is 5.69 Å². The summed E-state index contributed by atoms with van der Waals surface area (Å²) in [7, 11) is 0. The van der Waals surface area contributed by atoms with Crippen molar-refractivity contribution in [2.45, 2.75) is 19.4 Å². The summed E-state index contributed by atoms with van der Waals surface area (Å²) >= 11 is 1.69. The van der Waals surface area contributed by atoms with Crippen molar-refractivity contribution >= 4 is 17.2 Å². The zero-order valence-electron chi connectivity index (χ0n) is 12.8. The van der Waals surface area contributed by atoms with E-state index in [1.165, 1.54) is 4.88 Å². The molecule has 4 rings (SSSR count). The molecule has 3 aromatic rings. The summed E-state index contributed by atoms with van der Waals surface area (Å²) in [5.74, 6) is 0.0509. The molecule has 1 aromatic carbocycles. The van der Waals surface area contributed by atoms with E-state index >= 15 is 0 Å². The fourth-order valence-electron chi connectivity index (χ4n) is 3.23. The number of benzene rings is 1. The van der Waals surface area contributed by atoms with Crippen molar-refractivity contribution in [3.8, 4) is 11.3 Å². The maximum atomic E-state index is 12.8. The molecule has 1 atom stereocenters. The minimum atomic E-state index is -0.0357. The second-order valence-electron chi connectivity index (χ2n) is 5.64. The fourth-order valence-corrected chi connectivity index (χ4v) is 4.07. The predicted octanol–water partition coefficient (Wildman–Crippen LogP) is 4.09. The molecule has 0 radical (unpaired) electrons. The van der Waals surface area contributed by atoms with Gasteiger partial charge in [-0.15, -0.1) is 11.3 Å². The van der Waals surface area contributed by atoms with E-state index in [1.807, 2.05) is 41.3 Å². The highest BCUT2D eigenvalue weighted by Crippen LogP contribution is 2.43. The Morgan fingerprint density at radius 2 is 2.04 bits per heavy atom. The summed E-state index contributed by atoms with van der Waals surface area (Å²) < 4.78 is 0. The van der Waals surface area contributed by atoms with Gasteiger partial charge in [0.15, 0.2) is 0 Å².